The highest BCUT2D eigenvalue weighted by atomic mass is 16.5. The SMILES string of the molecule is Cc1noc(Cc2ccccc2C)n1. The normalized spacial score (nSPS) is 10.4. The van der Waals surface area contributed by atoms with Gasteiger partial charge in [-0.1, -0.05) is 29.4 Å². The van der Waals surface area contributed by atoms with E-state index in [4.69, 9.17) is 4.52 Å². The highest BCUT2D eigenvalue weighted by molar-refractivity contribution is 5.27. The molecule has 3 nitrogen and oxygen atoms in total. The Morgan fingerprint density at radius 1 is 1.21 bits per heavy atom. The molecule has 2 rings (SSSR count). The van der Waals surface area contributed by atoms with Gasteiger partial charge in [0.1, 0.15) is 0 Å². The third-order valence-corrected chi connectivity index (χ3v) is 2.17. The van der Waals surface area contributed by atoms with Gasteiger partial charge in [0.05, 0.1) is 6.42 Å². The summed E-state index contributed by atoms with van der Waals surface area (Å²) in [5, 5.41) is 3.76. The molecule has 72 valence electrons. The highest BCUT2D eigenvalue weighted by Gasteiger charge is 2.05. The molecule has 0 bridgehead atoms. The summed E-state index contributed by atoms with van der Waals surface area (Å²) in [5.74, 6) is 1.37. The summed E-state index contributed by atoms with van der Waals surface area (Å²) in [7, 11) is 0. The Morgan fingerprint density at radius 2 is 2.00 bits per heavy atom. The van der Waals surface area contributed by atoms with E-state index in [-0.39, 0.29) is 0 Å². The number of aromatic nitrogens is 2. The van der Waals surface area contributed by atoms with E-state index < -0.39 is 0 Å². The zero-order chi connectivity index (χ0) is 9.97. The van der Waals surface area contributed by atoms with Crippen LogP contribution in [0.4, 0.5) is 0 Å². The van der Waals surface area contributed by atoms with Gasteiger partial charge < -0.3 is 4.52 Å². The molecule has 0 aliphatic heterocycles. The number of rotatable bonds is 2. The smallest absolute Gasteiger partial charge is 0.231 e. The fourth-order valence-electron chi connectivity index (χ4n) is 1.38. The van der Waals surface area contributed by atoms with E-state index in [1.54, 1.807) is 0 Å². The molecule has 1 heterocycles. The highest BCUT2D eigenvalue weighted by Crippen LogP contribution is 2.11. The van der Waals surface area contributed by atoms with Gasteiger partial charge in [0.15, 0.2) is 5.82 Å². The first kappa shape index (κ1) is 8.94. The zero-order valence-corrected chi connectivity index (χ0v) is 8.32. The van der Waals surface area contributed by atoms with E-state index in [0.717, 1.165) is 0 Å². The summed E-state index contributed by atoms with van der Waals surface area (Å²) in [6.45, 7) is 3.91. The summed E-state index contributed by atoms with van der Waals surface area (Å²) in [4.78, 5) is 4.17. The molecule has 2 aromatic rings. The molecule has 0 aliphatic carbocycles. The Hall–Kier alpha value is -1.64. The molecule has 0 atom stereocenters. The Bertz CT molecular complexity index is 434. The van der Waals surface area contributed by atoms with E-state index in [1.807, 2.05) is 19.1 Å². The summed E-state index contributed by atoms with van der Waals surface area (Å²) in [6, 6.07) is 8.21. The van der Waals surface area contributed by atoms with Crippen LogP contribution >= 0.6 is 0 Å². The maximum atomic E-state index is 5.06. The van der Waals surface area contributed by atoms with Gasteiger partial charge in [-0.05, 0) is 25.0 Å². The van der Waals surface area contributed by atoms with Crippen LogP contribution in [0.1, 0.15) is 22.8 Å². The van der Waals surface area contributed by atoms with Crippen LogP contribution in [0.2, 0.25) is 0 Å². The Labute approximate surface area is 82.8 Å². The van der Waals surface area contributed by atoms with Gasteiger partial charge in [0.25, 0.3) is 0 Å². The Morgan fingerprint density at radius 3 is 2.64 bits per heavy atom. The Balaban J connectivity index is 2.23. The quantitative estimate of drug-likeness (QED) is 0.725. The summed E-state index contributed by atoms with van der Waals surface area (Å²) in [5.41, 5.74) is 2.49. The van der Waals surface area contributed by atoms with Crippen molar-refractivity contribution < 1.29 is 4.52 Å². The molecular formula is C11H12N2O. The first-order valence-electron chi connectivity index (χ1n) is 4.59. The maximum absolute atomic E-state index is 5.06. The lowest BCUT2D eigenvalue weighted by Gasteiger charge is -2.00. The summed E-state index contributed by atoms with van der Waals surface area (Å²) >= 11 is 0. The zero-order valence-electron chi connectivity index (χ0n) is 8.32. The monoisotopic (exact) mass is 188 g/mol. The molecule has 3 heteroatoms. The molecule has 0 fully saturated rings. The number of aryl methyl sites for hydroxylation is 2. The number of hydrogen-bond donors (Lipinski definition) is 0. The molecule has 1 aromatic carbocycles. The van der Waals surface area contributed by atoms with Crippen LogP contribution in [-0.2, 0) is 6.42 Å². The molecule has 14 heavy (non-hydrogen) atoms. The minimum Gasteiger partial charge on any atom is -0.339 e. The fraction of sp³-hybridized carbons (Fsp3) is 0.273. The Kier molecular flexibility index (Phi) is 2.31. The topological polar surface area (TPSA) is 38.9 Å². The van der Waals surface area contributed by atoms with E-state index in [0.29, 0.717) is 18.1 Å². The third kappa shape index (κ3) is 1.82. The average Bonchev–Trinajstić information content (AvgIpc) is 2.56. The van der Waals surface area contributed by atoms with Crippen molar-refractivity contribution in [2.24, 2.45) is 0 Å². The van der Waals surface area contributed by atoms with Crippen molar-refractivity contribution in [1.29, 1.82) is 0 Å². The van der Waals surface area contributed by atoms with Gasteiger partial charge in [-0.2, -0.15) is 4.98 Å². The predicted molar refractivity (Wildman–Crippen MR) is 53.0 cm³/mol. The molecule has 0 unspecified atom stereocenters. The standard InChI is InChI=1S/C11H12N2O/c1-8-5-3-4-6-10(8)7-11-12-9(2)13-14-11/h3-6H,7H2,1-2H3. The van der Waals surface area contributed by atoms with Crippen LogP contribution in [0.5, 0.6) is 0 Å². The van der Waals surface area contributed by atoms with E-state index >= 15 is 0 Å². The molecule has 0 spiro atoms. The molecule has 0 N–H and O–H groups in total. The van der Waals surface area contributed by atoms with Gasteiger partial charge >= 0.3 is 0 Å². The van der Waals surface area contributed by atoms with Crippen molar-refractivity contribution in [3.63, 3.8) is 0 Å². The van der Waals surface area contributed by atoms with Crippen LogP contribution < -0.4 is 0 Å². The largest absolute Gasteiger partial charge is 0.339 e. The van der Waals surface area contributed by atoms with Gasteiger partial charge in [-0.25, -0.2) is 0 Å². The van der Waals surface area contributed by atoms with E-state index in [9.17, 15) is 0 Å². The van der Waals surface area contributed by atoms with Crippen molar-refractivity contribution in [2.75, 3.05) is 0 Å². The van der Waals surface area contributed by atoms with Crippen molar-refractivity contribution in [3.8, 4) is 0 Å². The van der Waals surface area contributed by atoms with E-state index in [2.05, 4.69) is 29.2 Å². The first-order valence-corrected chi connectivity index (χ1v) is 4.59. The average molecular weight is 188 g/mol. The van der Waals surface area contributed by atoms with Gasteiger partial charge in [-0.3, -0.25) is 0 Å². The minimum absolute atomic E-state index is 0.678. The van der Waals surface area contributed by atoms with Crippen LogP contribution in [-0.4, -0.2) is 10.1 Å². The minimum atomic E-state index is 0.678. The van der Waals surface area contributed by atoms with Crippen LogP contribution in [0, 0.1) is 13.8 Å². The molecule has 0 saturated heterocycles. The van der Waals surface area contributed by atoms with Gasteiger partial charge in [0.2, 0.25) is 5.89 Å². The molecule has 0 aliphatic rings. The molecule has 1 aromatic heterocycles. The summed E-state index contributed by atoms with van der Waals surface area (Å²) in [6.07, 6.45) is 0.716. The second kappa shape index (κ2) is 3.62. The lowest BCUT2D eigenvalue weighted by Crippen LogP contribution is -1.91. The third-order valence-electron chi connectivity index (χ3n) is 2.17. The molecule has 0 saturated carbocycles. The second-order valence-corrected chi connectivity index (χ2v) is 3.34. The van der Waals surface area contributed by atoms with Crippen molar-refractivity contribution in [2.45, 2.75) is 20.3 Å². The van der Waals surface area contributed by atoms with Crippen molar-refractivity contribution in [3.05, 3.63) is 47.1 Å². The maximum Gasteiger partial charge on any atom is 0.231 e. The number of hydrogen-bond acceptors (Lipinski definition) is 3. The molecule has 0 amide bonds. The van der Waals surface area contributed by atoms with Crippen molar-refractivity contribution in [1.82, 2.24) is 10.1 Å². The summed E-state index contributed by atoms with van der Waals surface area (Å²) < 4.78 is 5.06. The lowest BCUT2D eigenvalue weighted by molar-refractivity contribution is 0.381. The first-order chi connectivity index (χ1) is 6.75. The second-order valence-electron chi connectivity index (χ2n) is 3.34. The van der Waals surface area contributed by atoms with Crippen molar-refractivity contribution >= 4 is 0 Å². The molecule has 0 radical (unpaired) electrons. The molecular weight excluding hydrogens is 176 g/mol. The van der Waals surface area contributed by atoms with Gasteiger partial charge in [-0.15, -0.1) is 0 Å². The van der Waals surface area contributed by atoms with Crippen LogP contribution in [0.25, 0.3) is 0 Å². The fourth-order valence-corrected chi connectivity index (χ4v) is 1.38. The van der Waals surface area contributed by atoms with Crippen LogP contribution in [0.3, 0.4) is 0 Å². The predicted octanol–water partition coefficient (Wildman–Crippen LogP) is 2.28. The van der Waals surface area contributed by atoms with Gasteiger partial charge in [0, 0.05) is 0 Å². The number of nitrogens with zero attached hydrogens (tertiary/aromatic N) is 2. The lowest BCUT2D eigenvalue weighted by atomic mass is 10.1. The van der Waals surface area contributed by atoms with E-state index in [1.165, 1.54) is 11.1 Å². The van der Waals surface area contributed by atoms with Crippen LogP contribution in [0.15, 0.2) is 28.8 Å². The number of benzene rings is 1.